The van der Waals surface area contributed by atoms with Crippen LogP contribution in [0.2, 0.25) is 0 Å². The first-order valence-corrected chi connectivity index (χ1v) is 8.18. The number of amides is 1. The molecule has 0 aliphatic carbocycles. The van der Waals surface area contributed by atoms with E-state index in [1.807, 2.05) is 0 Å². The molecule has 0 radical (unpaired) electrons. The molecule has 0 saturated heterocycles. The van der Waals surface area contributed by atoms with Crippen LogP contribution >= 0.6 is 0 Å². The summed E-state index contributed by atoms with van der Waals surface area (Å²) in [7, 11) is 0. The molecule has 2 aromatic heterocycles. The molecule has 3 rings (SSSR count). The minimum Gasteiger partial charge on any atom is -0.398 e. The number of nitrogen functional groups attached to an aromatic ring is 1. The molecule has 28 heavy (non-hydrogen) atoms. The van der Waals surface area contributed by atoms with Crippen molar-refractivity contribution in [1.82, 2.24) is 9.55 Å². The van der Waals surface area contributed by atoms with E-state index in [1.165, 1.54) is 12.3 Å². The maximum atomic E-state index is 13.0. The molecule has 9 heteroatoms. The van der Waals surface area contributed by atoms with Gasteiger partial charge in [0.2, 0.25) is 0 Å². The van der Waals surface area contributed by atoms with Gasteiger partial charge in [-0.2, -0.15) is 13.2 Å². The highest BCUT2D eigenvalue weighted by atomic mass is 19.4. The van der Waals surface area contributed by atoms with E-state index in [4.69, 9.17) is 11.5 Å². The Morgan fingerprint density at radius 2 is 2.04 bits per heavy atom. The van der Waals surface area contributed by atoms with Gasteiger partial charge in [0.1, 0.15) is 12.2 Å². The Balaban J connectivity index is 1.81. The van der Waals surface area contributed by atoms with Crippen molar-refractivity contribution in [2.75, 3.05) is 17.6 Å². The summed E-state index contributed by atoms with van der Waals surface area (Å²) in [4.78, 5) is 14.9. The largest absolute Gasteiger partial charge is 0.406 e. The van der Waals surface area contributed by atoms with Crippen LogP contribution in [0.3, 0.4) is 0 Å². The minimum absolute atomic E-state index is 0.130. The van der Waals surface area contributed by atoms with Crippen molar-refractivity contribution in [3.05, 3.63) is 54.0 Å². The second-order valence-electron chi connectivity index (χ2n) is 5.96. The highest BCUT2D eigenvalue weighted by Crippen LogP contribution is 2.28. The first kappa shape index (κ1) is 19.1. The van der Waals surface area contributed by atoms with E-state index in [0.29, 0.717) is 22.3 Å². The van der Waals surface area contributed by atoms with Gasteiger partial charge in [-0.3, -0.25) is 4.79 Å². The van der Waals surface area contributed by atoms with Gasteiger partial charge >= 0.3 is 6.18 Å². The lowest BCUT2D eigenvalue weighted by Crippen LogP contribution is -2.18. The number of pyridine rings is 1. The Bertz CT molecular complexity index is 1080. The van der Waals surface area contributed by atoms with Crippen LogP contribution in [0.15, 0.2) is 42.6 Å². The first-order chi connectivity index (χ1) is 13.2. The number of benzene rings is 1. The van der Waals surface area contributed by atoms with Gasteiger partial charge in [-0.15, -0.1) is 0 Å². The van der Waals surface area contributed by atoms with Crippen LogP contribution in [0.4, 0.5) is 24.5 Å². The molecule has 0 spiro atoms. The number of hydrogen-bond acceptors (Lipinski definition) is 4. The summed E-state index contributed by atoms with van der Waals surface area (Å²) < 4.78 is 40.0. The summed E-state index contributed by atoms with van der Waals surface area (Å²) in [6.07, 6.45) is -2.97. The Morgan fingerprint density at radius 1 is 1.25 bits per heavy atom. The monoisotopic (exact) mass is 387 g/mol. The number of hydrogen-bond donors (Lipinski definition) is 3. The number of carbonyl (C=O) groups excluding carboxylic acids is 1. The van der Waals surface area contributed by atoms with Crippen LogP contribution in [0, 0.1) is 11.8 Å². The van der Waals surface area contributed by atoms with Gasteiger partial charge in [0.15, 0.2) is 0 Å². The third-order valence-electron chi connectivity index (χ3n) is 3.93. The highest BCUT2D eigenvalue weighted by molar-refractivity contribution is 5.93. The SMILES string of the molecule is NC(=O)c1ccc(NCC#Cc2cc3c(N)cccc3n2CC(F)(F)F)cn1. The van der Waals surface area contributed by atoms with Crippen molar-refractivity contribution >= 4 is 28.2 Å². The van der Waals surface area contributed by atoms with E-state index in [9.17, 15) is 18.0 Å². The van der Waals surface area contributed by atoms with Crippen LogP contribution in [0.25, 0.3) is 10.9 Å². The van der Waals surface area contributed by atoms with Gasteiger partial charge in [-0.25, -0.2) is 4.98 Å². The zero-order valence-electron chi connectivity index (χ0n) is 14.5. The number of aromatic nitrogens is 2. The average molecular weight is 387 g/mol. The third-order valence-corrected chi connectivity index (χ3v) is 3.93. The summed E-state index contributed by atoms with van der Waals surface area (Å²) in [6, 6.07) is 9.42. The van der Waals surface area contributed by atoms with Crippen LogP contribution in [-0.2, 0) is 6.54 Å². The van der Waals surface area contributed by atoms with Crippen LogP contribution in [-0.4, -0.2) is 28.2 Å². The predicted octanol–water partition coefficient (Wildman–Crippen LogP) is 2.74. The Labute approximate surface area is 158 Å². The van der Waals surface area contributed by atoms with Crippen molar-refractivity contribution in [3.63, 3.8) is 0 Å². The normalized spacial score (nSPS) is 11.1. The first-order valence-electron chi connectivity index (χ1n) is 8.18. The topological polar surface area (TPSA) is 99.0 Å². The summed E-state index contributed by atoms with van der Waals surface area (Å²) in [5.74, 6) is 4.90. The van der Waals surface area contributed by atoms with E-state index in [1.54, 1.807) is 30.3 Å². The molecule has 0 aliphatic heterocycles. The summed E-state index contributed by atoms with van der Waals surface area (Å²) in [6.45, 7) is -0.990. The maximum absolute atomic E-state index is 13.0. The van der Waals surface area contributed by atoms with Crippen LogP contribution in [0.1, 0.15) is 16.2 Å². The van der Waals surface area contributed by atoms with E-state index >= 15 is 0 Å². The van der Waals surface area contributed by atoms with E-state index in [0.717, 1.165) is 4.57 Å². The second kappa shape index (κ2) is 7.52. The Hall–Kier alpha value is -3.67. The average Bonchev–Trinajstić information content (AvgIpc) is 2.97. The van der Waals surface area contributed by atoms with E-state index in [2.05, 4.69) is 22.1 Å². The smallest absolute Gasteiger partial charge is 0.398 e. The number of fused-ring (bicyclic) bond motifs is 1. The summed E-state index contributed by atoms with van der Waals surface area (Å²) in [5, 5.41) is 3.47. The van der Waals surface area contributed by atoms with Gasteiger partial charge in [0, 0.05) is 11.1 Å². The second-order valence-corrected chi connectivity index (χ2v) is 5.96. The molecular formula is C19H16F3N5O. The number of primary amides is 1. The highest BCUT2D eigenvalue weighted by Gasteiger charge is 2.29. The molecule has 2 heterocycles. The number of rotatable bonds is 4. The molecule has 144 valence electrons. The van der Waals surface area contributed by atoms with Gasteiger partial charge < -0.3 is 21.4 Å². The van der Waals surface area contributed by atoms with Gasteiger partial charge in [0.25, 0.3) is 5.91 Å². The van der Waals surface area contributed by atoms with Gasteiger partial charge in [-0.05, 0) is 36.3 Å². The summed E-state index contributed by atoms with van der Waals surface area (Å²) >= 11 is 0. The maximum Gasteiger partial charge on any atom is 0.406 e. The molecule has 5 N–H and O–H groups in total. The quantitative estimate of drug-likeness (QED) is 0.474. The van der Waals surface area contributed by atoms with Gasteiger partial charge in [-0.1, -0.05) is 12.0 Å². The number of nitrogens with one attached hydrogen (secondary N) is 1. The predicted molar refractivity (Wildman–Crippen MR) is 101 cm³/mol. The molecule has 0 atom stereocenters. The lowest BCUT2D eigenvalue weighted by Gasteiger charge is -2.11. The van der Waals surface area contributed by atoms with Crippen molar-refractivity contribution in [1.29, 1.82) is 0 Å². The number of halogens is 3. The fourth-order valence-corrected chi connectivity index (χ4v) is 2.69. The lowest BCUT2D eigenvalue weighted by molar-refractivity contribution is -0.140. The van der Waals surface area contributed by atoms with Crippen LogP contribution in [0.5, 0.6) is 0 Å². The van der Waals surface area contributed by atoms with E-state index in [-0.39, 0.29) is 17.9 Å². The molecule has 0 saturated carbocycles. The number of anilines is 2. The molecule has 0 aliphatic rings. The third kappa shape index (κ3) is 4.35. The molecule has 1 amide bonds. The van der Waals surface area contributed by atoms with Gasteiger partial charge in [0.05, 0.1) is 29.6 Å². The lowest BCUT2D eigenvalue weighted by atomic mass is 10.2. The zero-order valence-corrected chi connectivity index (χ0v) is 14.5. The molecule has 1 aromatic carbocycles. The standard InChI is InChI=1S/C19H16F3N5O/c20-19(21,22)11-27-13(9-14-15(23)4-1-5-17(14)27)3-2-8-25-12-6-7-16(18(24)28)26-10-12/h1,4-7,9-10,25H,8,11,23H2,(H2,24,28). The number of carbonyl (C=O) groups is 1. The van der Waals surface area contributed by atoms with Crippen molar-refractivity contribution in [2.24, 2.45) is 5.73 Å². The molecule has 0 fully saturated rings. The zero-order chi connectivity index (χ0) is 20.3. The minimum atomic E-state index is -4.39. The van der Waals surface area contributed by atoms with Crippen molar-refractivity contribution in [2.45, 2.75) is 12.7 Å². The molecule has 0 unspecified atom stereocenters. The van der Waals surface area contributed by atoms with Crippen LogP contribution < -0.4 is 16.8 Å². The fourth-order valence-electron chi connectivity index (χ4n) is 2.69. The van der Waals surface area contributed by atoms with E-state index < -0.39 is 18.6 Å². The number of nitrogens with two attached hydrogens (primary N) is 2. The number of nitrogens with zero attached hydrogens (tertiary/aromatic N) is 2. The fraction of sp³-hybridized carbons (Fsp3) is 0.158. The summed E-state index contributed by atoms with van der Waals surface area (Å²) in [5.41, 5.74) is 12.7. The molecule has 0 bridgehead atoms. The molecular weight excluding hydrogens is 371 g/mol. The molecule has 3 aromatic rings. The molecule has 6 nitrogen and oxygen atoms in total. The Kier molecular flexibility index (Phi) is 5.13. The number of alkyl halides is 3. The van der Waals surface area contributed by atoms with Crippen molar-refractivity contribution < 1.29 is 18.0 Å². The van der Waals surface area contributed by atoms with Crippen molar-refractivity contribution in [3.8, 4) is 11.8 Å². The Morgan fingerprint density at radius 3 is 2.68 bits per heavy atom.